The molecule has 1 aromatic carbocycles. The van der Waals surface area contributed by atoms with E-state index in [0.29, 0.717) is 30.2 Å². The van der Waals surface area contributed by atoms with Crippen molar-refractivity contribution in [3.05, 3.63) is 18.2 Å². The van der Waals surface area contributed by atoms with E-state index >= 15 is 0 Å². The lowest BCUT2D eigenvalue weighted by Gasteiger charge is -2.24. The van der Waals surface area contributed by atoms with Crippen molar-refractivity contribution in [3.8, 4) is 5.75 Å². The van der Waals surface area contributed by atoms with E-state index in [4.69, 9.17) is 10.5 Å². The van der Waals surface area contributed by atoms with Gasteiger partial charge in [0.05, 0.1) is 23.8 Å². The van der Waals surface area contributed by atoms with Gasteiger partial charge in [-0.25, -0.2) is 8.42 Å². The van der Waals surface area contributed by atoms with Gasteiger partial charge in [-0.2, -0.15) is 0 Å². The third kappa shape index (κ3) is 4.03. The molecule has 1 fully saturated rings. The molecule has 3 N–H and O–H groups in total. The fourth-order valence-electron chi connectivity index (χ4n) is 2.33. The molecule has 1 aliphatic heterocycles. The van der Waals surface area contributed by atoms with Gasteiger partial charge < -0.3 is 15.8 Å². The number of anilines is 2. The van der Waals surface area contributed by atoms with Crippen molar-refractivity contribution in [3.63, 3.8) is 0 Å². The first-order valence-corrected chi connectivity index (χ1v) is 8.81. The van der Waals surface area contributed by atoms with Gasteiger partial charge >= 0.3 is 0 Å². The minimum atomic E-state index is -2.90. The summed E-state index contributed by atoms with van der Waals surface area (Å²) in [6, 6.07) is 5.45. The van der Waals surface area contributed by atoms with Crippen LogP contribution in [0.3, 0.4) is 0 Å². The molecule has 1 heterocycles. The van der Waals surface area contributed by atoms with E-state index in [2.05, 4.69) is 5.32 Å². The summed E-state index contributed by atoms with van der Waals surface area (Å²) in [6.45, 7) is 2.65. The van der Waals surface area contributed by atoms with Gasteiger partial charge in [0.2, 0.25) is 0 Å². The number of ether oxygens (including phenoxy) is 1. The Kier molecular flexibility index (Phi) is 4.75. The number of nitrogens with two attached hydrogens (primary N) is 1. The Morgan fingerprint density at radius 2 is 2.25 bits per heavy atom. The fourth-order valence-corrected chi connectivity index (χ4v) is 3.97. The van der Waals surface area contributed by atoms with Gasteiger partial charge in [-0.05, 0) is 31.4 Å². The van der Waals surface area contributed by atoms with E-state index in [1.54, 1.807) is 6.07 Å². The van der Waals surface area contributed by atoms with Crippen LogP contribution in [0.2, 0.25) is 0 Å². The van der Waals surface area contributed by atoms with Crippen molar-refractivity contribution in [1.29, 1.82) is 0 Å². The molecule has 0 spiro atoms. The molecule has 1 aromatic rings. The zero-order valence-electron chi connectivity index (χ0n) is 11.8. The first-order valence-electron chi connectivity index (χ1n) is 6.99. The van der Waals surface area contributed by atoms with Crippen molar-refractivity contribution in [2.75, 3.05) is 29.2 Å². The summed E-state index contributed by atoms with van der Waals surface area (Å²) in [7, 11) is -2.90. The monoisotopic (exact) mass is 298 g/mol. The zero-order chi connectivity index (χ0) is 14.6. The molecule has 1 unspecified atom stereocenters. The molecule has 1 atom stereocenters. The second kappa shape index (κ2) is 6.35. The molecule has 112 valence electrons. The molecule has 1 aliphatic rings. The minimum absolute atomic E-state index is 0.0311. The molecule has 0 radical (unpaired) electrons. The van der Waals surface area contributed by atoms with E-state index < -0.39 is 9.84 Å². The Labute approximate surface area is 120 Å². The highest BCUT2D eigenvalue weighted by atomic mass is 32.2. The molecular formula is C14H22N2O3S. The third-order valence-electron chi connectivity index (χ3n) is 3.31. The Hall–Kier alpha value is -1.43. The van der Waals surface area contributed by atoms with Crippen LogP contribution in [0.4, 0.5) is 11.4 Å². The van der Waals surface area contributed by atoms with Crippen LogP contribution in [0.5, 0.6) is 5.75 Å². The maximum atomic E-state index is 11.6. The largest absolute Gasteiger partial charge is 0.491 e. The second-order valence-electron chi connectivity index (χ2n) is 5.20. The van der Waals surface area contributed by atoms with Crippen molar-refractivity contribution in [1.82, 2.24) is 0 Å². The van der Waals surface area contributed by atoms with Crippen molar-refractivity contribution < 1.29 is 13.2 Å². The smallest absolute Gasteiger partial charge is 0.152 e. The summed E-state index contributed by atoms with van der Waals surface area (Å²) in [4.78, 5) is 0. The fraction of sp³-hybridized carbons (Fsp3) is 0.571. The third-order valence-corrected chi connectivity index (χ3v) is 5.13. The van der Waals surface area contributed by atoms with Crippen LogP contribution < -0.4 is 15.8 Å². The molecule has 0 aromatic heterocycles. The number of benzene rings is 1. The maximum absolute atomic E-state index is 11.6. The summed E-state index contributed by atoms with van der Waals surface area (Å²) in [5.41, 5.74) is 7.31. The van der Waals surface area contributed by atoms with E-state index in [1.165, 1.54) is 0 Å². The van der Waals surface area contributed by atoms with Crippen LogP contribution in [-0.4, -0.2) is 32.6 Å². The molecule has 0 bridgehead atoms. The lowest BCUT2D eigenvalue weighted by Crippen LogP contribution is -2.34. The van der Waals surface area contributed by atoms with Crippen LogP contribution in [0, 0.1) is 0 Å². The van der Waals surface area contributed by atoms with Crippen LogP contribution in [0.25, 0.3) is 0 Å². The number of hydrogen-bond donors (Lipinski definition) is 2. The molecular weight excluding hydrogens is 276 g/mol. The van der Waals surface area contributed by atoms with Crippen LogP contribution in [0.15, 0.2) is 18.2 Å². The molecule has 6 heteroatoms. The Bertz CT molecular complexity index is 558. The highest BCUT2D eigenvalue weighted by Gasteiger charge is 2.24. The Balaban J connectivity index is 2.05. The average Bonchev–Trinajstić information content (AvgIpc) is 2.38. The van der Waals surface area contributed by atoms with E-state index in [1.807, 2.05) is 19.1 Å². The zero-order valence-corrected chi connectivity index (χ0v) is 12.6. The van der Waals surface area contributed by atoms with E-state index in [0.717, 1.165) is 18.5 Å². The molecule has 5 nitrogen and oxygen atoms in total. The maximum Gasteiger partial charge on any atom is 0.152 e. The normalized spacial score (nSPS) is 21.4. The lowest BCUT2D eigenvalue weighted by atomic mass is 10.1. The lowest BCUT2D eigenvalue weighted by molar-refractivity contribution is 0.319. The summed E-state index contributed by atoms with van der Waals surface area (Å²) in [6.07, 6.45) is 2.50. The predicted molar refractivity (Wildman–Crippen MR) is 81.9 cm³/mol. The summed E-state index contributed by atoms with van der Waals surface area (Å²) >= 11 is 0. The number of rotatable bonds is 5. The van der Waals surface area contributed by atoms with Gasteiger partial charge in [-0.15, -0.1) is 0 Å². The van der Waals surface area contributed by atoms with Gasteiger partial charge in [0.15, 0.2) is 9.84 Å². The highest BCUT2D eigenvalue weighted by Crippen LogP contribution is 2.27. The average molecular weight is 298 g/mol. The second-order valence-corrected chi connectivity index (χ2v) is 7.43. The Morgan fingerprint density at radius 3 is 2.95 bits per heavy atom. The highest BCUT2D eigenvalue weighted by molar-refractivity contribution is 7.91. The van der Waals surface area contributed by atoms with Crippen LogP contribution in [0.1, 0.15) is 26.2 Å². The van der Waals surface area contributed by atoms with Crippen molar-refractivity contribution in [2.24, 2.45) is 0 Å². The van der Waals surface area contributed by atoms with Crippen molar-refractivity contribution in [2.45, 2.75) is 32.2 Å². The molecule has 1 saturated heterocycles. The first-order chi connectivity index (χ1) is 9.50. The predicted octanol–water partition coefficient (Wildman–Crippen LogP) is 2.05. The van der Waals surface area contributed by atoms with Gasteiger partial charge in [-0.3, -0.25) is 0 Å². The Morgan fingerprint density at radius 1 is 1.45 bits per heavy atom. The summed E-state index contributed by atoms with van der Waals surface area (Å²) < 4.78 is 28.8. The first kappa shape index (κ1) is 15.0. The van der Waals surface area contributed by atoms with E-state index in [9.17, 15) is 8.42 Å². The standard InChI is InChI=1S/C14H22N2O3S/c1-2-7-19-14-9-11(5-6-13(14)15)16-12-4-3-8-20(17,18)10-12/h5-6,9,12,16H,2-4,7-8,10,15H2,1H3. The van der Waals surface area contributed by atoms with Gasteiger partial charge in [0.1, 0.15) is 5.75 Å². The molecule has 2 rings (SSSR count). The van der Waals surface area contributed by atoms with Gasteiger partial charge in [0, 0.05) is 17.8 Å². The van der Waals surface area contributed by atoms with Gasteiger partial charge in [-0.1, -0.05) is 6.92 Å². The molecule has 0 amide bonds. The summed E-state index contributed by atoms with van der Waals surface area (Å²) in [5, 5.41) is 3.27. The van der Waals surface area contributed by atoms with Crippen LogP contribution >= 0.6 is 0 Å². The molecule has 0 saturated carbocycles. The number of sulfone groups is 1. The van der Waals surface area contributed by atoms with Gasteiger partial charge in [0.25, 0.3) is 0 Å². The SMILES string of the molecule is CCCOc1cc(NC2CCCS(=O)(=O)C2)ccc1N. The van der Waals surface area contributed by atoms with E-state index in [-0.39, 0.29) is 11.8 Å². The quantitative estimate of drug-likeness (QED) is 0.813. The number of nitrogens with one attached hydrogen (secondary N) is 1. The topological polar surface area (TPSA) is 81.4 Å². The molecule has 0 aliphatic carbocycles. The molecule has 20 heavy (non-hydrogen) atoms. The number of nitrogen functional groups attached to an aromatic ring is 1. The number of hydrogen-bond acceptors (Lipinski definition) is 5. The summed E-state index contributed by atoms with van der Waals surface area (Å²) in [5.74, 6) is 1.15. The van der Waals surface area contributed by atoms with Crippen molar-refractivity contribution >= 4 is 21.2 Å². The van der Waals surface area contributed by atoms with Crippen LogP contribution in [-0.2, 0) is 9.84 Å². The minimum Gasteiger partial charge on any atom is -0.491 e.